The molecule has 0 spiro atoms. The number of hydrogen-bond donors (Lipinski definition) is 6. The zero-order valence-corrected chi connectivity index (χ0v) is 31.5. The standard InChI is InChI=1S/C42H57FN6O3/c1-42(2,27-31-11-8-7-9-12-31)47-41(52)46-29-38(49(5)6)25-32-13-10-14-34(21-32)35-22-33(23-36(43)26-35)19-20-44-40(51)45-28-37(48(3)4)24-30-15-17-39(50)18-16-30/h7-18,21-23,26,37-38,41,46-47,50,52H,19-20,24-25,27-29H2,1-6H3,(H2,44,45,51). The Labute approximate surface area is 309 Å². The van der Waals surface area contributed by atoms with Crippen LogP contribution >= 0.6 is 0 Å². The van der Waals surface area contributed by atoms with E-state index < -0.39 is 6.35 Å². The molecule has 0 aliphatic carbocycles. The number of aliphatic hydroxyl groups excluding tert-OH is 1. The third-order valence-electron chi connectivity index (χ3n) is 9.32. The molecule has 0 aliphatic rings. The minimum atomic E-state index is -0.870. The summed E-state index contributed by atoms with van der Waals surface area (Å²) in [5, 5.41) is 32.8. The van der Waals surface area contributed by atoms with Gasteiger partial charge in [0.1, 0.15) is 11.6 Å². The van der Waals surface area contributed by atoms with Crippen LogP contribution in [0.15, 0.2) is 97.1 Å². The van der Waals surface area contributed by atoms with E-state index in [4.69, 9.17) is 0 Å². The average Bonchev–Trinajstić information content (AvgIpc) is 3.09. The maximum Gasteiger partial charge on any atom is 0.314 e. The van der Waals surface area contributed by atoms with E-state index in [2.05, 4.69) is 69.2 Å². The summed E-state index contributed by atoms with van der Waals surface area (Å²) < 4.78 is 14.9. The third kappa shape index (κ3) is 13.7. The van der Waals surface area contributed by atoms with Crippen LogP contribution in [0.25, 0.3) is 11.1 Å². The molecule has 4 rings (SSSR count). The predicted octanol–water partition coefficient (Wildman–Crippen LogP) is 5.16. The van der Waals surface area contributed by atoms with Crippen LogP contribution in [0.1, 0.15) is 36.1 Å². The zero-order valence-electron chi connectivity index (χ0n) is 31.5. The lowest BCUT2D eigenvalue weighted by atomic mass is 9.95. The molecule has 4 aromatic carbocycles. The van der Waals surface area contributed by atoms with E-state index in [-0.39, 0.29) is 35.2 Å². The predicted molar refractivity (Wildman–Crippen MR) is 209 cm³/mol. The van der Waals surface area contributed by atoms with Crippen molar-refractivity contribution in [3.8, 4) is 16.9 Å². The van der Waals surface area contributed by atoms with E-state index in [9.17, 15) is 19.4 Å². The number of carbonyl (C=O) groups is 1. The van der Waals surface area contributed by atoms with Gasteiger partial charge in [0.2, 0.25) is 0 Å². The first-order chi connectivity index (χ1) is 24.8. The Morgan fingerprint density at radius 3 is 2.06 bits per heavy atom. The highest BCUT2D eigenvalue weighted by atomic mass is 19.1. The number of benzene rings is 4. The number of amides is 2. The summed E-state index contributed by atoms with van der Waals surface area (Å²) >= 11 is 0. The average molecular weight is 713 g/mol. The number of halogens is 1. The maximum atomic E-state index is 14.9. The SMILES string of the molecule is CN(C)C(CNC(=O)NCCc1cc(F)cc(-c2cccc(CC(CNC(O)NC(C)(C)Cc3ccccc3)N(C)C)c2)c1)Cc1ccc(O)cc1. The van der Waals surface area contributed by atoms with Crippen LogP contribution in [0.3, 0.4) is 0 Å². The number of nitrogens with zero attached hydrogens (tertiary/aromatic N) is 2. The molecule has 9 nitrogen and oxygen atoms in total. The van der Waals surface area contributed by atoms with E-state index in [0.29, 0.717) is 26.1 Å². The Hall–Kier alpha value is -4.32. The molecule has 4 aromatic rings. The van der Waals surface area contributed by atoms with Crippen molar-refractivity contribution in [2.75, 3.05) is 47.8 Å². The second-order valence-electron chi connectivity index (χ2n) is 14.7. The van der Waals surface area contributed by atoms with Crippen LogP contribution in [0.2, 0.25) is 0 Å². The molecule has 10 heteroatoms. The van der Waals surface area contributed by atoms with Crippen molar-refractivity contribution in [3.05, 3.63) is 125 Å². The van der Waals surface area contributed by atoms with Gasteiger partial charge >= 0.3 is 6.03 Å². The Morgan fingerprint density at radius 2 is 1.37 bits per heavy atom. The van der Waals surface area contributed by atoms with Crippen LogP contribution in [0.5, 0.6) is 5.75 Å². The van der Waals surface area contributed by atoms with Crippen molar-refractivity contribution in [3.63, 3.8) is 0 Å². The van der Waals surface area contributed by atoms with Gasteiger partial charge in [-0.25, -0.2) is 9.18 Å². The normalized spacial score (nSPS) is 13.6. The van der Waals surface area contributed by atoms with Crippen molar-refractivity contribution >= 4 is 6.03 Å². The first kappa shape index (κ1) is 40.5. The van der Waals surface area contributed by atoms with E-state index >= 15 is 0 Å². The molecular formula is C42H57FN6O3. The number of urea groups is 1. The number of aromatic hydroxyl groups is 1. The van der Waals surface area contributed by atoms with Gasteiger partial charge in [-0.3, -0.25) is 10.6 Å². The van der Waals surface area contributed by atoms with E-state index in [1.165, 1.54) is 11.6 Å². The van der Waals surface area contributed by atoms with Crippen LogP contribution in [-0.2, 0) is 25.7 Å². The van der Waals surface area contributed by atoms with Crippen LogP contribution in [0, 0.1) is 5.82 Å². The molecule has 280 valence electrons. The topological polar surface area (TPSA) is 112 Å². The van der Waals surface area contributed by atoms with Crippen molar-refractivity contribution in [2.45, 2.75) is 63.5 Å². The highest BCUT2D eigenvalue weighted by Crippen LogP contribution is 2.24. The van der Waals surface area contributed by atoms with E-state index in [1.807, 2.05) is 76.7 Å². The fourth-order valence-electron chi connectivity index (χ4n) is 6.31. The first-order valence-corrected chi connectivity index (χ1v) is 18.0. The van der Waals surface area contributed by atoms with E-state index in [0.717, 1.165) is 47.1 Å². The van der Waals surface area contributed by atoms with Crippen LogP contribution in [-0.4, -0.2) is 97.8 Å². The summed E-state index contributed by atoms with van der Waals surface area (Å²) in [7, 11) is 8.00. The van der Waals surface area contributed by atoms with Crippen LogP contribution in [0.4, 0.5) is 9.18 Å². The number of hydrogen-bond acceptors (Lipinski definition) is 7. The van der Waals surface area contributed by atoms with Gasteiger partial charge in [-0.05, 0) is 125 Å². The number of nitrogens with one attached hydrogen (secondary N) is 4. The zero-order chi connectivity index (χ0) is 37.7. The summed E-state index contributed by atoms with van der Waals surface area (Å²) in [6, 6.07) is 30.4. The van der Waals surface area contributed by atoms with Gasteiger partial charge in [0, 0.05) is 37.3 Å². The van der Waals surface area contributed by atoms with Gasteiger partial charge in [0.15, 0.2) is 6.35 Å². The molecule has 0 heterocycles. The second kappa shape index (κ2) is 19.5. The van der Waals surface area contributed by atoms with Crippen molar-refractivity contribution in [1.82, 2.24) is 31.1 Å². The minimum absolute atomic E-state index is 0.0762. The Kier molecular flexibility index (Phi) is 15.2. The third-order valence-corrected chi connectivity index (χ3v) is 9.32. The smallest absolute Gasteiger partial charge is 0.314 e. The van der Waals surface area contributed by atoms with E-state index in [1.54, 1.807) is 18.2 Å². The van der Waals surface area contributed by atoms with Gasteiger partial charge in [-0.2, -0.15) is 0 Å². The monoisotopic (exact) mass is 712 g/mol. The number of likely N-dealkylation sites (N-methyl/N-ethyl adjacent to an activating group) is 2. The molecule has 0 bridgehead atoms. The lowest BCUT2D eigenvalue weighted by Crippen LogP contribution is -2.55. The molecule has 0 fully saturated rings. The fraction of sp³-hybridized carbons (Fsp3) is 0.405. The minimum Gasteiger partial charge on any atom is -0.508 e. The molecule has 2 amide bonds. The van der Waals surface area contributed by atoms with Gasteiger partial charge in [0.05, 0.1) is 0 Å². The highest BCUT2D eigenvalue weighted by Gasteiger charge is 2.23. The van der Waals surface area contributed by atoms with Gasteiger partial charge < -0.3 is 30.6 Å². The Morgan fingerprint density at radius 1 is 0.731 bits per heavy atom. The maximum absolute atomic E-state index is 14.9. The number of phenolic OH excluding ortho intramolecular Hbond substituents is 1. The Bertz CT molecular complexity index is 1680. The van der Waals surface area contributed by atoms with Gasteiger partial charge in [-0.15, -0.1) is 0 Å². The molecule has 52 heavy (non-hydrogen) atoms. The molecule has 3 unspecified atom stereocenters. The fourth-order valence-corrected chi connectivity index (χ4v) is 6.31. The summed E-state index contributed by atoms with van der Waals surface area (Å²) in [5.74, 6) is -0.0956. The lowest BCUT2D eigenvalue weighted by Gasteiger charge is -2.32. The van der Waals surface area contributed by atoms with Crippen molar-refractivity contribution < 1.29 is 19.4 Å². The second-order valence-corrected chi connectivity index (χ2v) is 14.7. The first-order valence-electron chi connectivity index (χ1n) is 18.0. The lowest BCUT2D eigenvalue weighted by molar-refractivity contribution is 0.0631. The number of aliphatic hydroxyl groups is 1. The molecule has 6 N–H and O–H groups in total. The number of rotatable bonds is 19. The van der Waals surface area contributed by atoms with Crippen LogP contribution < -0.4 is 21.3 Å². The summed E-state index contributed by atoms with van der Waals surface area (Å²) in [6.07, 6.45) is 1.85. The summed E-state index contributed by atoms with van der Waals surface area (Å²) in [6.45, 7) is 5.53. The summed E-state index contributed by atoms with van der Waals surface area (Å²) in [4.78, 5) is 16.8. The molecule has 0 radical (unpaired) electrons. The number of carbonyl (C=O) groups excluding carboxylic acids is 1. The molecular weight excluding hydrogens is 655 g/mol. The summed E-state index contributed by atoms with van der Waals surface area (Å²) in [5.41, 5.74) is 5.57. The number of phenols is 1. The largest absolute Gasteiger partial charge is 0.508 e. The van der Waals surface area contributed by atoms with Crippen molar-refractivity contribution in [2.24, 2.45) is 0 Å². The Balaban J connectivity index is 1.28. The quantitative estimate of drug-likeness (QED) is 0.0746. The molecule has 0 aliphatic heterocycles. The molecule has 0 aromatic heterocycles. The molecule has 3 atom stereocenters. The molecule has 0 saturated carbocycles. The van der Waals surface area contributed by atoms with Gasteiger partial charge in [0.25, 0.3) is 0 Å². The molecule has 0 saturated heterocycles. The highest BCUT2D eigenvalue weighted by molar-refractivity contribution is 5.73. The van der Waals surface area contributed by atoms with Gasteiger partial charge in [-0.1, -0.05) is 72.8 Å². The van der Waals surface area contributed by atoms with Crippen molar-refractivity contribution in [1.29, 1.82) is 0 Å².